The van der Waals surface area contributed by atoms with Gasteiger partial charge in [0.05, 0.1) is 5.69 Å². The molecule has 9 nitrogen and oxygen atoms in total. The number of carbonyl (C=O) groups is 1. The summed E-state index contributed by atoms with van der Waals surface area (Å²) >= 11 is 0. The molecule has 3 aromatic heterocycles. The van der Waals surface area contributed by atoms with Crippen molar-refractivity contribution in [2.45, 2.75) is 39.0 Å². The minimum absolute atomic E-state index is 0.120. The Morgan fingerprint density at radius 3 is 2.52 bits per heavy atom. The number of anilines is 1. The minimum atomic E-state index is -0.144. The summed E-state index contributed by atoms with van der Waals surface area (Å²) in [6.07, 6.45) is 7.39. The van der Waals surface area contributed by atoms with E-state index in [2.05, 4.69) is 42.5 Å². The zero-order valence-corrected chi connectivity index (χ0v) is 15.3. The Hall–Kier alpha value is -3.23. The smallest absolute Gasteiger partial charge is 0.219 e. The van der Waals surface area contributed by atoms with E-state index in [4.69, 9.17) is 5.73 Å². The van der Waals surface area contributed by atoms with Crippen molar-refractivity contribution >= 4 is 11.7 Å². The lowest BCUT2D eigenvalue weighted by atomic mass is 9.81. The fourth-order valence-corrected chi connectivity index (χ4v) is 3.19. The summed E-state index contributed by atoms with van der Waals surface area (Å²) in [6, 6.07) is 3.89. The van der Waals surface area contributed by atoms with Crippen LogP contribution in [0.1, 0.15) is 44.0 Å². The quantitative estimate of drug-likeness (QED) is 0.617. The highest BCUT2D eigenvalue weighted by Crippen LogP contribution is 2.30. The monoisotopic (exact) mass is 366 g/mol. The van der Waals surface area contributed by atoms with E-state index in [1.807, 2.05) is 12.1 Å². The maximum absolute atomic E-state index is 12.2. The first kappa shape index (κ1) is 18.6. The van der Waals surface area contributed by atoms with Crippen molar-refractivity contribution in [3.8, 4) is 11.3 Å². The predicted octanol–water partition coefficient (Wildman–Crippen LogP) is 1.97. The van der Waals surface area contributed by atoms with Crippen LogP contribution in [0.15, 0.2) is 30.7 Å². The fraction of sp³-hybridized carbons (Fsp3) is 0.389. The van der Waals surface area contributed by atoms with E-state index in [1.165, 1.54) is 0 Å². The number of carbonyl (C=O) groups excluding carboxylic acids is 1. The predicted molar refractivity (Wildman–Crippen MR) is 99.4 cm³/mol. The molecule has 0 radical (unpaired) electrons. The molecule has 27 heavy (non-hydrogen) atoms. The van der Waals surface area contributed by atoms with E-state index < -0.39 is 0 Å². The summed E-state index contributed by atoms with van der Waals surface area (Å²) in [4.78, 5) is 24.7. The van der Waals surface area contributed by atoms with Gasteiger partial charge in [-0.3, -0.25) is 9.78 Å². The average molecular weight is 366 g/mol. The molecule has 3 N–H and O–H groups in total. The lowest BCUT2D eigenvalue weighted by Gasteiger charge is -2.22. The lowest BCUT2D eigenvalue weighted by Crippen LogP contribution is -2.23. The first-order chi connectivity index (χ1) is 13.1. The molecular formula is C18H22N8O. The number of ketones is 1. The van der Waals surface area contributed by atoms with Gasteiger partial charge in [0.15, 0.2) is 5.82 Å². The molecule has 0 saturated carbocycles. The highest BCUT2D eigenvalue weighted by molar-refractivity contribution is 5.79. The van der Waals surface area contributed by atoms with Crippen molar-refractivity contribution in [2.75, 3.05) is 5.73 Å². The molecule has 0 aliphatic rings. The number of nitrogens with zero attached hydrogens (tertiary/aromatic N) is 6. The molecule has 0 amide bonds. The van der Waals surface area contributed by atoms with Gasteiger partial charge in [0.1, 0.15) is 5.78 Å². The van der Waals surface area contributed by atoms with Crippen LogP contribution in [0.4, 0.5) is 5.95 Å². The maximum atomic E-state index is 12.2. The first-order valence-corrected chi connectivity index (χ1v) is 8.85. The number of aromatic nitrogens is 7. The molecule has 2 atom stereocenters. The van der Waals surface area contributed by atoms with Crippen LogP contribution in [-0.4, -0.2) is 41.4 Å². The largest absolute Gasteiger partial charge is 0.368 e. The van der Waals surface area contributed by atoms with Gasteiger partial charge in [-0.05, 0) is 41.8 Å². The number of H-pyrrole nitrogens is 1. The van der Waals surface area contributed by atoms with Gasteiger partial charge in [-0.15, -0.1) is 5.10 Å². The molecule has 0 aliphatic heterocycles. The van der Waals surface area contributed by atoms with Crippen molar-refractivity contribution in [3.63, 3.8) is 0 Å². The molecule has 140 valence electrons. The van der Waals surface area contributed by atoms with Gasteiger partial charge in [0, 0.05) is 36.0 Å². The van der Waals surface area contributed by atoms with Gasteiger partial charge in [0.2, 0.25) is 5.95 Å². The van der Waals surface area contributed by atoms with Gasteiger partial charge in [-0.25, -0.2) is 15.1 Å². The first-order valence-electron chi connectivity index (χ1n) is 8.85. The normalized spacial score (nSPS) is 13.3. The van der Waals surface area contributed by atoms with E-state index in [0.29, 0.717) is 12.2 Å². The number of aromatic amines is 1. The molecule has 3 aromatic rings. The van der Waals surface area contributed by atoms with E-state index in [9.17, 15) is 4.79 Å². The second-order valence-electron chi connectivity index (χ2n) is 6.48. The average Bonchev–Trinajstić information content (AvgIpc) is 3.20. The van der Waals surface area contributed by atoms with Crippen LogP contribution in [0, 0.1) is 5.92 Å². The Morgan fingerprint density at radius 1 is 1.19 bits per heavy atom. The van der Waals surface area contributed by atoms with E-state index in [-0.39, 0.29) is 23.6 Å². The van der Waals surface area contributed by atoms with Crippen LogP contribution >= 0.6 is 0 Å². The molecular weight excluding hydrogens is 344 g/mol. The van der Waals surface area contributed by atoms with Crippen LogP contribution in [0.2, 0.25) is 0 Å². The van der Waals surface area contributed by atoms with Gasteiger partial charge in [0.25, 0.3) is 0 Å². The zero-order chi connectivity index (χ0) is 19.2. The summed E-state index contributed by atoms with van der Waals surface area (Å²) in [5, 5.41) is 14.2. The third-order valence-electron chi connectivity index (χ3n) is 4.57. The van der Waals surface area contributed by atoms with Gasteiger partial charge in [-0.2, -0.15) is 0 Å². The molecule has 0 aromatic carbocycles. The number of Topliss-reactive ketones (excluding diaryl/α,β-unsaturated/α-hetero) is 1. The second kappa shape index (κ2) is 8.43. The summed E-state index contributed by atoms with van der Waals surface area (Å²) in [5.74, 6) is 0.728. The van der Waals surface area contributed by atoms with Gasteiger partial charge in [-0.1, -0.05) is 19.4 Å². The van der Waals surface area contributed by atoms with Crippen LogP contribution in [0.25, 0.3) is 11.3 Å². The van der Waals surface area contributed by atoms with Gasteiger partial charge >= 0.3 is 0 Å². The summed E-state index contributed by atoms with van der Waals surface area (Å²) < 4.78 is 0. The molecule has 0 spiro atoms. The maximum Gasteiger partial charge on any atom is 0.219 e. The van der Waals surface area contributed by atoms with E-state index in [0.717, 1.165) is 29.7 Å². The third kappa shape index (κ3) is 4.49. The Labute approximate surface area is 156 Å². The Balaban J connectivity index is 1.83. The zero-order valence-electron chi connectivity index (χ0n) is 15.3. The number of pyridine rings is 1. The van der Waals surface area contributed by atoms with Crippen molar-refractivity contribution < 1.29 is 4.79 Å². The number of nitrogens with one attached hydrogen (secondary N) is 1. The summed E-state index contributed by atoms with van der Waals surface area (Å²) in [7, 11) is 0. The Bertz CT molecular complexity index is 861. The molecule has 3 rings (SSSR count). The van der Waals surface area contributed by atoms with E-state index >= 15 is 0 Å². The van der Waals surface area contributed by atoms with Gasteiger partial charge < -0.3 is 5.73 Å². The standard InChI is InChI=1S/C18H22N8O/c1-3-4-14(11(2)27)15(17-23-25-26-24-17)7-12-5-6-16(20-8-12)13-9-21-18(19)22-10-13/h5-6,8-10,14-15H,3-4,7H2,1-2H3,(H2,19,21,22)(H,23,24,25,26)/t14-,15+/m1/s1. The highest BCUT2D eigenvalue weighted by atomic mass is 16.1. The Kier molecular flexibility index (Phi) is 5.80. The molecule has 0 unspecified atom stereocenters. The number of hydrogen-bond donors (Lipinski definition) is 2. The van der Waals surface area contributed by atoms with Crippen molar-refractivity contribution in [3.05, 3.63) is 42.1 Å². The fourth-order valence-electron chi connectivity index (χ4n) is 3.19. The van der Waals surface area contributed by atoms with Crippen molar-refractivity contribution in [1.29, 1.82) is 0 Å². The van der Waals surface area contributed by atoms with Crippen LogP contribution < -0.4 is 5.73 Å². The van der Waals surface area contributed by atoms with Crippen LogP contribution in [-0.2, 0) is 11.2 Å². The Morgan fingerprint density at radius 2 is 1.96 bits per heavy atom. The topological polar surface area (TPSA) is 136 Å². The molecule has 3 heterocycles. The highest BCUT2D eigenvalue weighted by Gasteiger charge is 2.29. The molecule has 9 heteroatoms. The number of rotatable bonds is 8. The van der Waals surface area contributed by atoms with E-state index in [1.54, 1.807) is 25.5 Å². The molecule has 0 bridgehead atoms. The summed E-state index contributed by atoms with van der Waals surface area (Å²) in [6.45, 7) is 3.69. The number of hydrogen-bond acceptors (Lipinski definition) is 8. The molecule has 0 saturated heterocycles. The van der Waals surface area contributed by atoms with Crippen LogP contribution in [0.5, 0.6) is 0 Å². The molecule has 0 aliphatic carbocycles. The van der Waals surface area contributed by atoms with Crippen molar-refractivity contribution in [1.82, 2.24) is 35.6 Å². The number of tetrazole rings is 1. The SMILES string of the molecule is CCC[C@H](C(C)=O)[C@H](Cc1ccc(-c2cnc(N)nc2)nc1)c1nnn[nH]1. The third-order valence-corrected chi connectivity index (χ3v) is 4.57. The summed E-state index contributed by atoms with van der Waals surface area (Å²) in [5.41, 5.74) is 8.07. The second-order valence-corrected chi connectivity index (χ2v) is 6.48. The van der Waals surface area contributed by atoms with Crippen LogP contribution in [0.3, 0.4) is 0 Å². The lowest BCUT2D eigenvalue weighted by molar-refractivity contribution is -0.121. The molecule has 0 fully saturated rings. The van der Waals surface area contributed by atoms with Crippen molar-refractivity contribution in [2.24, 2.45) is 5.92 Å². The number of nitrogen functional groups attached to an aromatic ring is 1. The number of nitrogens with two attached hydrogens (primary N) is 1. The minimum Gasteiger partial charge on any atom is -0.368 e.